The Hall–Kier alpha value is -1.89. The van der Waals surface area contributed by atoms with E-state index in [2.05, 4.69) is 20.0 Å². The second kappa shape index (κ2) is 6.51. The summed E-state index contributed by atoms with van der Waals surface area (Å²) in [6, 6.07) is 1.69. The zero-order chi connectivity index (χ0) is 14.5. The number of nitrogens with two attached hydrogens (primary N) is 1. The Morgan fingerprint density at radius 2 is 2.40 bits per heavy atom. The Balaban J connectivity index is 2.21. The summed E-state index contributed by atoms with van der Waals surface area (Å²) in [5.41, 5.74) is 6.82. The number of ether oxygens (including phenoxy) is 1. The first-order valence-corrected chi connectivity index (χ1v) is 6.84. The standard InChI is InChI=1S/C13H21N5O2/c1-3-18(8-10-5-4-6-20-10)13-15-9(2)7-11(16-13)12(14)17-19/h7,10,19H,3-6,8H2,1-2H3,(H2,14,17). The van der Waals surface area contributed by atoms with Crippen LogP contribution in [0.2, 0.25) is 0 Å². The average molecular weight is 279 g/mol. The van der Waals surface area contributed by atoms with E-state index in [1.165, 1.54) is 0 Å². The quantitative estimate of drug-likeness (QED) is 0.359. The molecule has 1 saturated heterocycles. The largest absolute Gasteiger partial charge is 0.409 e. The summed E-state index contributed by atoms with van der Waals surface area (Å²) < 4.78 is 5.65. The van der Waals surface area contributed by atoms with E-state index in [-0.39, 0.29) is 11.9 Å². The fourth-order valence-corrected chi connectivity index (χ4v) is 2.26. The molecule has 1 atom stereocenters. The van der Waals surface area contributed by atoms with E-state index >= 15 is 0 Å². The number of likely N-dealkylation sites (N-methyl/N-ethyl adjacent to an activating group) is 1. The number of oxime groups is 1. The lowest BCUT2D eigenvalue weighted by molar-refractivity contribution is 0.115. The number of hydrogen-bond acceptors (Lipinski definition) is 6. The van der Waals surface area contributed by atoms with Crippen LogP contribution in [-0.2, 0) is 4.74 Å². The Morgan fingerprint density at radius 1 is 1.60 bits per heavy atom. The van der Waals surface area contributed by atoms with Gasteiger partial charge in [-0.2, -0.15) is 0 Å². The second-order valence-corrected chi connectivity index (χ2v) is 4.85. The van der Waals surface area contributed by atoms with Crippen LogP contribution in [0.5, 0.6) is 0 Å². The molecule has 20 heavy (non-hydrogen) atoms. The first-order chi connectivity index (χ1) is 9.63. The molecular weight excluding hydrogens is 258 g/mol. The lowest BCUT2D eigenvalue weighted by atomic mass is 10.2. The van der Waals surface area contributed by atoms with Crippen molar-refractivity contribution in [2.24, 2.45) is 10.9 Å². The van der Waals surface area contributed by atoms with Crippen LogP contribution in [-0.4, -0.2) is 46.8 Å². The monoisotopic (exact) mass is 279 g/mol. The van der Waals surface area contributed by atoms with Gasteiger partial charge < -0.3 is 20.6 Å². The zero-order valence-electron chi connectivity index (χ0n) is 11.9. The van der Waals surface area contributed by atoms with Crippen LogP contribution in [0.3, 0.4) is 0 Å². The molecule has 1 aliphatic rings. The maximum Gasteiger partial charge on any atom is 0.226 e. The number of rotatable bonds is 5. The fourth-order valence-electron chi connectivity index (χ4n) is 2.26. The molecule has 2 heterocycles. The highest BCUT2D eigenvalue weighted by atomic mass is 16.5. The van der Waals surface area contributed by atoms with Gasteiger partial charge in [0.1, 0.15) is 5.69 Å². The van der Waals surface area contributed by atoms with E-state index in [9.17, 15) is 0 Å². The van der Waals surface area contributed by atoms with Gasteiger partial charge in [-0.15, -0.1) is 0 Å². The third kappa shape index (κ3) is 3.36. The molecule has 0 radical (unpaired) electrons. The molecule has 0 aliphatic carbocycles. The molecule has 1 aromatic rings. The second-order valence-electron chi connectivity index (χ2n) is 4.85. The Labute approximate surface area is 118 Å². The molecule has 7 heteroatoms. The van der Waals surface area contributed by atoms with Gasteiger partial charge in [0.2, 0.25) is 5.95 Å². The molecule has 0 aromatic carbocycles. The number of nitrogens with zero attached hydrogens (tertiary/aromatic N) is 4. The van der Waals surface area contributed by atoms with E-state index < -0.39 is 0 Å². The third-order valence-corrected chi connectivity index (χ3v) is 3.33. The van der Waals surface area contributed by atoms with Gasteiger partial charge in [-0.25, -0.2) is 9.97 Å². The highest BCUT2D eigenvalue weighted by molar-refractivity contribution is 5.95. The van der Waals surface area contributed by atoms with Crippen LogP contribution in [0.1, 0.15) is 31.2 Å². The number of anilines is 1. The van der Waals surface area contributed by atoms with E-state index in [1.54, 1.807) is 6.07 Å². The van der Waals surface area contributed by atoms with Crippen molar-refractivity contribution >= 4 is 11.8 Å². The van der Waals surface area contributed by atoms with Gasteiger partial charge in [-0.1, -0.05) is 5.16 Å². The van der Waals surface area contributed by atoms with Crippen LogP contribution in [0, 0.1) is 6.92 Å². The van der Waals surface area contributed by atoms with Crippen molar-refractivity contribution in [3.8, 4) is 0 Å². The summed E-state index contributed by atoms with van der Waals surface area (Å²) in [5.74, 6) is 0.578. The molecule has 0 saturated carbocycles. The number of aryl methyl sites for hydroxylation is 1. The minimum Gasteiger partial charge on any atom is -0.409 e. The van der Waals surface area contributed by atoms with Crippen LogP contribution >= 0.6 is 0 Å². The first-order valence-electron chi connectivity index (χ1n) is 6.84. The summed E-state index contributed by atoms with van der Waals surface area (Å²) in [7, 11) is 0. The number of hydrogen-bond donors (Lipinski definition) is 2. The van der Waals surface area contributed by atoms with Crippen molar-refractivity contribution in [1.29, 1.82) is 0 Å². The lowest BCUT2D eigenvalue weighted by Crippen LogP contribution is -2.34. The van der Waals surface area contributed by atoms with E-state index in [0.29, 0.717) is 11.6 Å². The Morgan fingerprint density at radius 3 is 3.00 bits per heavy atom. The number of amidine groups is 1. The highest BCUT2D eigenvalue weighted by Crippen LogP contribution is 2.17. The number of aromatic nitrogens is 2. The minimum absolute atomic E-state index is 0.00933. The van der Waals surface area contributed by atoms with Crippen LogP contribution < -0.4 is 10.6 Å². The summed E-state index contributed by atoms with van der Waals surface area (Å²) in [4.78, 5) is 10.8. The van der Waals surface area contributed by atoms with Crippen LogP contribution in [0.25, 0.3) is 0 Å². The van der Waals surface area contributed by atoms with Crippen molar-refractivity contribution < 1.29 is 9.94 Å². The molecule has 0 bridgehead atoms. The first kappa shape index (κ1) is 14.5. The SMILES string of the molecule is CCN(CC1CCCO1)c1nc(C)cc(/C(N)=N/O)n1. The molecule has 1 aromatic heterocycles. The van der Waals surface area contributed by atoms with Gasteiger partial charge in [-0.05, 0) is 32.8 Å². The molecule has 1 fully saturated rings. The predicted molar refractivity (Wildman–Crippen MR) is 76.1 cm³/mol. The topological polar surface area (TPSA) is 96.9 Å². The molecule has 1 unspecified atom stereocenters. The minimum atomic E-state index is -0.00933. The fraction of sp³-hybridized carbons (Fsp3) is 0.615. The molecule has 7 nitrogen and oxygen atoms in total. The average Bonchev–Trinajstić information content (AvgIpc) is 2.96. The van der Waals surface area contributed by atoms with Gasteiger partial charge in [0.25, 0.3) is 0 Å². The van der Waals surface area contributed by atoms with Crippen molar-refractivity contribution in [1.82, 2.24) is 9.97 Å². The maximum absolute atomic E-state index is 8.76. The molecule has 110 valence electrons. The molecule has 0 amide bonds. The van der Waals surface area contributed by atoms with Crippen molar-refractivity contribution in [3.05, 3.63) is 17.5 Å². The van der Waals surface area contributed by atoms with E-state index in [0.717, 1.165) is 38.2 Å². The van der Waals surface area contributed by atoms with Crippen molar-refractivity contribution in [2.45, 2.75) is 32.8 Å². The lowest BCUT2D eigenvalue weighted by Gasteiger charge is -2.24. The van der Waals surface area contributed by atoms with Crippen molar-refractivity contribution in [2.75, 3.05) is 24.6 Å². The van der Waals surface area contributed by atoms with Gasteiger partial charge >= 0.3 is 0 Å². The van der Waals surface area contributed by atoms with Crippen molar-refractivity contribution in [3.63, 3.8) is 0 Å². The molecule has 2 rings (SSSR count). The molecule has 0 spiro atoms. The third-order valence-electron chi connectivity index (χ3n) is 3.33. The van der Waals surface area contributed by atoms with Crippen LogP contribution in [0.4, 0.5) is 5.95 Å². The summed E-state index contributed by atoms with van der Waals surface area (Å²) in [5, 5.41) is 11.8. The highest BCUT2D eigenvalue weighted by Gasteiger charge is 2.20. The van der Waals surface area contributed by atoms with Gasteiger partial charge in [0.05, 0.1) is 6.10 Å². The Bertz CT molecular complexity index is 486. The van der Waals surface area contributed by atoms with E-state index in [4.69, 9.17) is 15.7 Å². The molecular formula is C13H21N5O2. The van der Waals surface area contributed by atoms with Gasteiger partial charge in [0.15, 0.2) is 5.84 Å². The maximum atomic E-state index is 8.76. The zero-order valence-corrected chi connectivity index (χ0v) is 11.9. The summed E-state index contributed by atoms with van der Waals surface area (Å²) >= 11 is 0. The predicted octanol–water partition coefficient (Wildman–Crippen LogP) is 0.885. The normalized spacial score (nSPS) is 19.3. The van der Waals surface area contributed by atoms with Crippen LogP contribution in [0.15, 0.2) is 11.2 Å². The van der Waals surface area contributed by atoms with Gasteiger partial charge in [-0.3, -0.25) is 0 Å². The summed E-state index contributed by atoms with van der Waals surface area (Å²) in [6.07, 6.45) is 2.40. The van der Waals surface area contributed by atoms with Gasteiger partial charge in [0, 0.05) is 25.4 Å². The summed E-state index contributed by atoms with van der Waals surface area (Å²) in [6.45, 7) is 6.27. The van der Waals surface area contributed by atoms with E-state index in [1.807, 2.05) is 13.8 Å². The molecule has 3 N–H and O–H groups in total. The Kier molecular flexibility index (Phi) is 4.73. The smallest absolute Gasteiger partial charge is 0.226 e. The molecule has 1 aliphatic heterocycles.